The Hall–Kier alpha value is -0.680. The monoisotopic (exact) mass is 281 g/mol. The van der Waals surface area contributed by atoms with Crippen LogP contribution >= 0.6 is 11.5 Å². The number of anilines is 1. The molecule has 106 valence electrons. The van der Waals surface area contributed by atoms with Crippen molar-refractivity contribution >= 4 is 16.7 Å². The molecule has 2 aliphatic rings. The van der Waals surface area contributed by atoms with Gasteiger partial charge in [0, 0.05) is 37.1 Å². The van der Waals surface area contributed by atoms with Crippen molar-refractivity contribution in [2.45, 2.75) is 51.0 Å². The Labute approximate surface area is 119 Å². The molecule has 1 aromatic heterocycles. The summed E-state index contributed by atoms with van der Waals surface area (Å²) >= 11 is 1.57. The van der Waals surface area contributed by atoms with Gasteiger partial charge in [0.1, 0.15) is 5.82 Å². The van der Waals surface area contributed by atoms with Gasteiger partial charge in [-0.25, -0.2) is 4.98 Å². The third-order valence-corrected chi connectivity index (χ3v) is 5.03. The highest BCUT2D eigenvalue weighted by atomic mass is 32.1. The van der Waals surface area contributed by atoms with Crippen molar-refractivity contribution in [1.82, 2.24) is 9.36 Å². The fourth-order valence-electron chi connectivity index (χ4n) is 2.93. The Morgan fingerprint density at radius 1 is 1.32 bits per heavy atom. The van der Waals surface area contributed by atoms with Crippen LogP contribution in [0.4, 0.5) is 5.13 Å². The van der Waals surface area contributed by atoms with E-state index in [1.165, 1.54) is 32.1 Å². The summed E-state index contributed by atoms with van der Waals surface area (Å²) in [5, 5.41) is 1.11. The molecule has 0 aromatic carbocycles. The van der Waals surface area contributed by atoms with E-state index in [0.29, 0.717) is 12.0 Å². The first-order chi connectivity index (χ1) is 9.28. The average molecular weight is 281 g/mol. The van der Waals surface area contributed by atoms with Crippen molar-refractivity contribution in [1.29, 1.82) is 0 Å². The number of nitrogens with zero attached hydrogens (tertiary/aromatic N) is 3. The number of ether oxygens (including phenoxy) is 1. The number of hydrogen-bond acceptors (Lipinski definition) is 5. The van der Waals surface area contributed by atoms with Crippen molar-refractivity contribution < 1.29 is 4.74 Å². The highest BCUT2D eigenvalue weighted by molar-refractivity contribution is 7.09. The molecule has 19 heavy (non-hydrogen) atoms. The number of hydrogen-bond donors (Lipinski definition) is 0. The predicted octanol–water partition coefficient (Wildman–Crippen LogP) is 3.06. The standard InChI is InChI=1S/C14H23N3OS/c1-10-3-6-12(9-10)17(7-8-18-2)14-15-13(16-19-14)11-4-5-11/h10-12H,3-9H2,1-2H3. The largest absolute Gasteiger partial charge is 0.383 e. The molecule has 0 spiro atoms. The van der Waals surface area contributed by atoms with Crippen molar-refractivity contribution in [3.05, 3.63) is 5.82 Å². The van der Waals surface area contributed by atoms with E-state index in [9.17, 15) is 0 Å². The van der Waals surface area contributed by atoms with Crippen LogP contribution in [0.15, 0.2) is 0 Å². The molecule has 2 saturated carbocycles. The molecule has 0 amide bonds. The summed E-state index contributed by atoms with van der Waals surface area (Å²) in [6.45, 7) is 4.06. The number of methoxy groups -OCH3 is 1. The van der Waals surface area contributed by atoms with Crippen LogP contribution < -0.4 is 4.90 Å². The first-order valence-electron chi connectivity index (χ1n) is 7.37. The summed E-state index contributed by atoms with van der Waals surface area (Å²) < 4.78 is 9.81. The molecule has 0 N–H and O–H groups in total. The molecular weight excluding hydrogens is 258 g/mol. The first kappa shape index (κ1) is 13.3. The molecule has 1 heterocycles. The summed E-state index contributed by atoms with van der Waals surface area (Å²) in [4.78, 5) is 7.21. The molecule has 0 radical (unpaired) electrons. The summed E-state index contributed by atoms with van der Waals surface area (Å²) in [5.41, 5.74) is 0. The van der Waals surface area contributed by atoms with Gasteiger partial charge in [0.2, 0.25) is 5.13 Å². The third kappa shape index (κ3) is 3.08. The highest BCUT2D eigenvalue weighted by Gasteiger charge is 2.32. The molecule has 2 aliphatic carbocycles. The van der Waals surface area contributed by atoms with Gasteiger partial charge in [0.15, 0.2) is 0 Å². The Morgan fingerprint density at radius 3 is 2.79 bits per heavy atom. The van der Waals surface area contributed by atoms with Gasteiger partial charge < -0.3 is 9.64 Å². The van der Waals surface area contributed by atoms with Crippen LogP contribution in [0, 0.1) is 5.92 Å². The van der Waals surface area contributed by atoms with Gasteiger partial charge in [-0.1, -0.05) is 6.92 Å². The summed E-state index contributed by atoms with van der Waals surface area (Å²) in [6, 6.07) is 0.630. The van der Waals surface area contributed by atoms with Crippen LogP contribution in [0.1, 0.15) is 50.8 Å². The van der Waals surface area contributed by atoms with E-state index in [1.807, 2.05) is 0 Å². The minimum Gasteiger partial charge on any atom is -0.383 e. The zero-order valence-electron chi connectivity index (χ0n) is 11.8. The minimum atomic E-state index is 0.630. The number of aromatic nitrogens is 2. The molecule has 2 atom stereocenters. The zero-order chi connectivity index (χ0) is 13.2. The molecule has 0 aliphatic heterocycles. The molecule has 0 bridgehead atoms. The quantitative estimate of drug-likeness (QED) is 0.803. The lowest BCUT2D eigenvalue weighted by molar-refractivity contribution is 0.203. The summed E-state index contributed by atoms with van der Waals surface area (Å²) in [5.74, 6) is 2.57. The van der Waals surface area contributed by atoms with Crippen LogP contribution in [-0.4, -0.2) is 35.7 Å². The van der Waals surface area contributed by atoms with E-state index >= 15 is 0 Å². The Morgan fingerprint density at radius 2 is 2.16 bits per heavy atom. The van der Waals surface area contributed by atoms with E-state index < -0.39 is 0 Å². The van der Waals surface area contributed by atoms with Gasteiger partial charge in [-0.2, -0.15) is 4.37 Å². The van der Waals surface area contributed by atoms with Gasteiger partial charge >= 0.3 is 0 Å². The average Bonchev–Trinajstić information content (AvgIpc) is 2.99. The molecule has 5 heteroatoms. The molecule has 4 nitrogen and oxygen atoms in total. The fourth-order valence-corrected chi connectivity index (χ4v) is 3.78. The first-order valence-corrected chi connectivity index (χ1v) is 8.14. The van der Waals surface area contributed by atoms with Crippen molar-refractivity contribution in [2.24, 2.45) is 5.92 Å². The molecule has 1 aromatic rings. The Bertz CT molecular complexity index is 419. The van der Waals surface area contributed by atoms with Crippen LogP contribution in [0.3, 0.4) is 0 Å². The van der Waals surface area contributed by atoms with E-state index in [4.69, 9.17) is 9.72 Å². The van der Waals surface area contributed by atoms with Crippen LogP contribution in [0.2, 0.25) is 0 Å². The summed E-state index contributed by atoms with van der Waals surface area (Å²) in [6.07, 6.45) is 6.44. The topological polar surface area (TPSA) is 38.2 Å². The van der Waals surface area contributed by atoms with Gasteiger partial charge in [-0.3, -0.25) is 0 Å². The van der Waals surface area contributed by atoms with Gasteiger partial charge in [0.05, 0.1) is 6.61 Å². The van der Waals surface area contributed by atoms with Crippen molar-refractivity contribution in [2.75, 3.05) is 25.2 Å². The second-order valence-corrected chi connectivity index (χ2v) is 6.70. The van der Waals surface area contributed by atoms with Crippen molar-refractivity contribution in [3.63, 3.8) is 0 Å². The van der Waals surface area contributed by atoms with Gasteiger partial charge in [-0.05, 0) is 38.0 Å². The molecule has 2 fully saturated rings. The maximum Gasteiger partial charge on any atom is 0.205 e. The van der Waals surface area contributed by atoms with Crippen LogP contribution in [0.5, 0.6) is 0 Å². The predicted molar refractivity (Wildman–Crippen MR) is 77.9 cm³/mol. The second-order valence-electron chi connectivity index (χ2n) is 5.97. The normalized spacial score (nSPS) is 26.8. The lowest BCUT2D eigenvalue weighted by Gasteiger charge is -2.28. The Balaban J connectivity index is 1.72. The minimum absolute atomic E-state index is 0.630. The SMILES string of the molecule is COCCN(c1nc(C2CC2)ns1)C1CCC(C)C1. The zero-order valence-corrected chi connectivity index (χ0v) is 12.7. The molecule has 3 rings (SSSR count). The lowest BCUT2D eigenvalue weighted by atomic mass is 10.1. The lowest BCUT2D eigenvalue weighted by Crippen LogP contribution is -2.36. The van der Waals surface area contributed by atoms with Crippen LogP contribution in [-0.2, 0) is 4.74 Å². The van der Waals surface area contributed by atoms with Gasteiger partial charge in [-0.15, -0.1) is 0 Å². The van der Waals surface area contributed by atoms with Crippen LogP contribution in [0.25, 0.3) is 0 Å². The van der Waals surface area contributed by atoms with E-state index in [-0.39, 0.29) is 0 Å². The fraction of sp³-hybridized carbons (Fsp3) is 0.857. The van der Waals surface area contributed by atoms with E-state index in [1.54, 1.807) is 18.6 Å². The summed E-state index contributed by atoms with van der Waals surface area (Å²) in [7, 11) is 1.77. The number of rotatable bonds is 6. The third-order valence-electron chi connectivity index (χ3n) is 4.26. The van der Waals surface area contributed by atoms with Crippen molar-refractivity contribution in [3.8, 4) is 0 Å². The van der Waals surface area contributed by atoms with Gasteiger partial charge in [0.25, 0.3) is 0 Å². The smallest absolute Gasteiger partial charge is 0.205 e. The maximum absolute atomic E-state index is 5.26. The molecule has 0 saturated heterocycles. The molecular formula is C14H23N3OS. The van der Waals surface area contributed by atoms with E-state index in [2.05, 4.69) is 16.2 Å². The highest BCUT2D eigenvalue weighted by Crippen LogP contribution is 2.40. The Kier molecular flexibility index (Phi) is 4.03. The second kappa shape index (κ2) is 5.75. The van der Waals surface area contributed by atoms with E-state index in [0.717, 1.165) is 30.0 Å². The molecule has 2 unspecified atom stereocenters. The maximum atomic E-state index is 5.26.